The Morgan fingerprint density at radius 2 is 2.06 bits per heavy atom. The van der Waals surface area contributed by atoms with Gasteiger partial charge in [-0.15, -0.1) is 0 Å². The van der Waals surface area contributed by atoms with Crippen molar-refractivity contribution in [3.63, 3.8) is 0 Å². The van der Waals surface area contributed by atoms with Crippen LogP contribution in [0.15, 0.2) is 30.6 Å². The van der Waals surface area contributed by atoms with Crippen molar-refractivity contribution >= 4 is 24.4 Å². The first kappa shape index (κ1) is 20.9. The van der Waals surface area contributed by atoms with Gasteiger partial charge in [-0.25, -0.2) is 19.2 Å². The van der Waals surface area contributed by atoms with E-state index in [1.54, 1.807) is 6.07 Å². The molecule has 164 valence electrons. The van der Waals surface area contributed by atoms with Crippen LogP contribution in [-0.4, -0.2) is 56.6 Å². The fraction of sp³-hybridized carbons (Fsp3) is 0.409. The zero-order valence-corrected chi connectivity index (χ0v) is 17.6. The number of aryl methyl sites for hydroxylation is 1. The van der Waals surface area contributed by atoms with Crippen molar-refractivity contribution in [1.82, 2.24) is 19.8 Å². The third-order valence-corrected chi connectivity index (χ3v) is 6.27. The van der Waals surface area contributed by atoms with Gasteiger partial charge in [-0.1, -0.05) is 13.0 Å². The van der Waals surface area contributed by atoms with Crippen molar-refractivity contribution in [1.29, 1.82) is 10.8 Å². The number of nitrogens with zero attached hydrogens (tertiary/aromatic N) is 4. The van der Waals surface area contributed by atoms with Crippen LogP contribution in [0, 0.1) is 29.5 Å². The van der Waals surface area contributed by atoms with E-state index in [0.29, 0.717) is 24.0 Å². The molecule has 2 fully saturated rings. The number of aromatic nitrogens is 2. The van der Waals surface area contributed by atoms with Crippen molar-refractivity contribution < 1.29 is 10.6 Å². The number of carbonyl (C=O) groups is 1. The molecule has 1 aromatic carbocycles. The van der Waals surface area contributed by atoms with Crippen molar-refractivity contribution in [2.75, 3.05) is 11.9 Å². The highest BCUT2D eigenvalue weighted by Gasteiger charge is 2.58. The number of carbonyl (C=O) groups excluding carboxylic acids is 1. The average molecular weight is 426 g/mol. The van der Waals surface area contributed by atoms with E-state index >= 15 is 0 Å². The number of benzene rings is 1. The summed E-state index contributed by atoms with van der Waals surface area (Å²) in [6.45, 7) is 4.54. The molecule has 4 rings (SSSR count). The first-order valence-corrected chi connectivity index (χ1v) is 10.3. The van der Waals surface area contributed by atoms with Gasteiger partial charge >= 0.3 is 6.03 Å². The maximum absolute atomic E-state index is 13.3. The summed E-state index contributed by atoms with van der Waals surface area (Å²) in [6, 6.07) is 5.47. The monoisotopic (exact) mass is 425 g/mol. The van der Waals surface area contributed by atoms with Gasteiger partial charge in [0.2, 0.25) is 0 Å². The number of hydrogen-bond donors (Lipinski definition) is 3. The lowest BCUT2D eigenvalue weighted by atomic mass is 9.64. The minimum absolute atomic E-state index is 0. The zero-order chi connectivity index (χ0) is 22.2. The molecule has 3 heterocycles. The molecule has 2 aromatic rings. The van der Waals surface area contributed by atoms with Gasteiger partial charge in [0.25, 0.3) is 0 Å². The smallest absolute Gasteiger partial charge is 0.322 e. The summed E-state index contributed by atoms with van der Waals surface area (Å²) in [5, 5.41) is 18.0. The van der Waals surface area contributed by atoms with Gasteiger partial charge in [0.15, 0.2) is 11.6 Å². The van der Waals surface area contributed by atoms with E-state index < -0.39 is 5.82 Å². The van der Waals surface area contributed by atoms with Crippen LogP contribution in [0.25, 0.3) is 11.4 Å². The second-order valence-corrected chi connectivity index (χ2v) is 8.61. The first-order valence-electron chi connectivity index (χ1n) is 10.3. The van der Waals surface area contributed by atoms with Crippen LogP contribution < -0.4 is 5.32 Å². The normalized spacial score (nSPS) is 24.2. The molecule has 31 heavy (non-hydrogen) atoms. The van der Waals surface area contributed by atoms with Crippen molar-refractivity contribution in [3.8, 4) is 11.4 Å². The van der Waals surface area contributed by atoms with E-state index in [-0.39, 0.29) is 19.0 Å². The Balaban J connectivity index is 0.00000289. The van der Waals surface area contributed by atoms with Crippen LogP contribution in [0.1, 0.15) is 33.2 Å². The molecule has 1 aromatic heterocycles. The van der Waals surface area contributed by atoms with Gasteiger partial charge in [-0.05, 0) is 49.8 Å². The second-order valence-electron chi connectivity index (χ2n) is 8.61. The SMILES string of the molecule is Cc1ccc(NC(=O)N2C3C[C@H](C)CC2(CN(C=N)C=N)C3)cc1-c1ncc(F)cn1.[HH]. The van der Waals surface area contributed by atoms with Crippen LogP contribution in [-0.2, 0) is 0 Å². The Hall–Kier alpha value is -3.36. The summed E-state index contributed by atoms with van der Waals surface area (Å²) in [5.74, 6) is 0.384. The molecule has 3 atom stereocenters. The highest BCUT2D eigenvalue weighted by Crippen LogP contribution is 2.50. The van der Waals surface area contributed by atoms with Gasteiger partial charge in [-0.2, -0.15) is 0 Å². The molecule has 2 bridgehead atoms. The molecule has 2 aliphatic heterocycles. The largest absolute Gasteiger partial charge is 0.322 e. The fourth-order valence-electron chi connectivity index (χ4n) is 5.10. The van der Waals surface area contributed by atoms with Crippen LogP contribution in [0.2, 0.25) is 0 Å². The standard InChI is InChI=1S/C22H26FN7O.H2/c1-14-5-18-8-22(7-14,11-29(12-24)13-25)30(18)21(31)28-17-4-3-15(2)19(6-17)20-26-9-16(23)10-27-20;/h3-4,6,9-10,12-14,18,24-25H,5,7-8,11H2,1-2H3,(H,28,31);1H/t14-,18?,22?;/m0./s1. The van der Waals surface area contributed by atoms with Crippen LogP contribution in [0.5, 0.6) is 0 Å². The summed E-state index contributed by atoms with van der Waals surface area (Å²) in [6.07, 6.45) is 7.17. The molecule has 8 nitrogen and oxygen atoms in total. The quantitative estimate of drug-likeness (QED) is 0.477. The Morgan fingerprint density at radius 3 is 2.74 bits per heavy atom. The Labute approximate surface area is 182 Å². The molecule has 0 aliphatic carbocycles. The van der Waals surface area contributed by atoms with Gasteiger partial charge in [-0.3, -0.25) is 10.8 Å². The maximum atomic E-state index is 13.3. The first-order chi connectivity index (χ1) is 14.8. The van der Waals surface area contributed by atoms with E-state index in [0.717, 1.165) is 55.5 Å². The molecule has 3 N–H and O–H groups in total. The topological polar surface area (TPSA) is 109 Å². The lowest BCUT2D eigenvalue weighted by Gasteiger charge is -2.64. The lowest BCUT2D eigenvalue weighted by Crippen LogP contribution is -2.75. The van der Waals surface area contributed by atoms with Gasteiger partial charge in [0.1, 0.15) is 0 Å². The number of halogens is 1. The molecular weight excluding hydrogens is 397 g/mol. The number of piperidine rings is 1. The molecule has 2 amide bonds. The third kappa shape index (κ3) is 3.87. The fourth-order valence-corrected chi connectivity index (χ4v) is 5.10. The molecule has 0 radical (unpaired) electrons. The van der Waals surface area contributed by atoms with Crippen molar-refractivity contribution in [2.45, 2.75) is 44.7 Å². The highest BCUT2D eigenvalue weighted by molar-refractivity contribution is 5.92. The number of nitrogens with one attached hydrogen (secondary N) is 3. The lowest BCUT2D eigenvalue weighted by molar-refractivity contribution is -0.0924. The molecular formula is C22H28FN7O. The summed E-state index contributed by atoms with van der Waals surface area (Å²) in [4.78, 5) is 24.8. The predicted molar refractivity (Wildman–Crippen MR) is 119 cm³/mol. The summed E-state index contributed by atoms with van der Waals surface area (Å²) >= 11 is 0. The minimum Gasteiger partial charge on any atom is -0.322 e. The summed E-state index contributed by atoms with van der Waals surface area (Å²) in [5.41, 5.74) is 1.88. The zero-order valence-electron chi connectivity index (χ0n) is 17.6. The molecule has 0 saturated carbocycles. The number of hydrogen-bond acceptors (Lipinski definition) is 5. The van der Waals surface area contributed by atoms with Crippen LogP contribution >= 0.6 is 0 Å². The van der Waals surface area contributed by atoms with Gasteiger partial charge in [0.05, 0.1) is 30.6 Å². The van der Waals surface area contributed by atoms with E-state index in [9.17, 15) is 9.18 Å². The van der Waals surface area contributed by atoms with Gasteiger partial charge < -0.3 is 15.1 Å². The highest BCUT2D eigenvalue weighted by atomic mass is 19.1. The third-order valence-electron chi connectivity index (χ3n) is 6.27. The Morgan fingerprint density at radius 1 is 1.35 bits per heavy atom. The number of rotatable bonds is 6. The van der Waals surface area contributed by atoms with Gasteiger partial charge in [0, 0.05) is 25.3 Å². The second kappa shape index (κ2) is 8.05. The summed E-state index contributed by atoms with van der Waals surface area (Å²) < 4.78 is 13.2. The van der Waals surface area contributed by atoms with Crippen molar-refractivity contribution in [3.05, 3.63) is 42.0 Å². The number of amides is 2. The molecule has 2 unspecified atom stereocenters. The average Bonchev–Trinajstić information content (AvgIpc) is 2.73. The van der Waals surface area contributed by atoms with Crippen LogP contribution in [0.3, 0.4) is 0 Å². The summed E-state index contributed by atoms with van der Waals surface area (Å²) in [7, 11) is 0. The maximum Gasteiger partial charge on any atom is 0.322 e. The van der Waals surface area contributed by atoms with E-state index in [1.807, 2.05) is 24.0 Å². The molecule has 9 heteroatoms. The van der Waals surface area contributed by atoms with Crippen LogP contribution in [0.4, 0.5) is 14.9 Å². The Kier molecular flexibility index (Phi) is 5.43. The minimum atomic E-state index is -0.501. The van der Waals surface area contributed by atoms with E-state index in [2.05, 4.69) is 22.2 Å². The van der Waals surface area contributed by atoms with E-state index in [4.69, 9.17) is 10.8 Å². The number of fused-ring (bicyclic) bond motifs is 2. The number of anilines is 1. The molecule has 2 aliphatic rings. The van der Waals surface area contributed by atoms with E-state index in [1.165, 1.54) is 4.90 Å². The Bertz CT molecular complexity index is 1010. The van der Waals surface area contributed by atoms with Crippen molar-refractivity contribution in [2.24, 2.45) is 5.92 Å². The molecule has 0 spiro atoms. The predicted octanol–water partition coefficient (Wildman–Crippen LogP) is 4.13. The molecule has 2 saturated heterocycles. The number of urea groups is 1.